The SMILES string of the molecule is C[C@@H](F)C1CCN2NC(C(N)=O)C=C2O1. The lowest BCUT2D eigenvalue weighted by atomic mass is 10.1. The Morgan fingerprint density at radius 3 is 3.20 bits per heavy atom. The van der Waals surface area contributed by atoms with Crippen LogP contribution in [0.4, 0.5) is 4.39 Å². The number of ether oxygens (including phenoxy) is 1. The van der Waals surface area contributed by atoms with Crippen LogP contribution >= 0.6 is 0 Å². The molecule has 0 saturated carbocycles. The summed E-state index contributed by atoms with van der Waals surface area (Å²) in [4.78, 5) is 10.9. The van der Waals surface area contributed by atoms with Crippen molar-refractivity contribution >= 4 is 5.91 Å². The van der Waals surface area contributed by atoms with Crippen LogP contribution < -0.4 is 11.2 Å². The summed E-state index contributed by atoms with van der Waals surface area (Å²) in [6.07, 6.45) is 0.728. The van der Waals surface area contributed by atoms with Crippen molar-refractivity contribution in [2.75, 3.05) is 6.54 Å². The molecule has 0 aliphatic carbocycles. The van der Waals surface area contributed by atoms with Crippen molar-refractivity contribution in [3.05, 3.63) is 12.0 Å². The van der Waals surface area contributed by atoms with Crippen molar-refractivity contribution < 1.29 is 13.9 Å². The maximum atomic E-state index is 13.0. The minimum atomic E-state index is -1.01. The van der Waals surface area contributed by atoms with E-state index in [0.717, 1.165) is 0 Å². The average molecular weight is 215 g/mol. The first-order valence-corrected chi connectivity index (χ1v) is 4.93. The zero-order chi connectivity index (χ0) is 11.0. The van der Waals surface area contributed by atoms with Gasteiger partial charge in [-0.25, -0.2) is 9.82 Å². The number of hydrazine groups is 1. The first-order valence-electron chi connectivity index (χ1n) is 4.93. The molecule has 6 heteroatoms. The Morgan fingerprint density at radius 2 is 2.60 bits per heavy atom. The molecule has 5 nitrogen and oxygen atoms in total. The third kappa shape index (κ3) is 1.90. The molecule has 0 spiro atoms. The number of primary amides is 1. The van der Waals surface area contributed by atoms with Crippen LogP contribution in [0.3, 0.4) is 0 Å². The van der Waals surface area contributed by atoms with E-state index in [1.165, 1.54) is 6.92 Å². The first-order chi connectivity index (χ1) is 7.08. The summed E-state index contributed by atoms with van der Waals surface area (Å²) < 4.78 is 18.4. The van der Waals surface area contributed by atoms with E-state index in [-0.39, 0.29) is 0 Å². The van der Waals surface area contributed by atoms with Crippen LogP contribution in [0.25, 0.3) is 0 Å². The third-order valence-electron chi connectivity index (χ3n) is 2.60. The van der Waals surface area contributed by atoms with Gasteiger partial charge in [0, 0.05) is 19.0 Å². The maximum absolute atomic E-state index is 13.0. The van der Waals surface area contributed by atoms with Crippen LogP contribution in [-0.2, 0) is 9.53 Å². The predicted molar refractivity (Wildman–Crippen MR) is 51.0 cm³/mol. The molecule has 0 aromatic heterocycles. The van der Waals surface area contributed by atoms with Crippen LogP contribution in [0.15, 0.2) is 12.0 Å². The summed E-state index contributed by atoms with van der Waals surface area (Å²) in [5.74, 6) is 0.0323. The van der Waals surface area contributed by atoms with Crippen LogP contribution in [0, 0.1) is 0 Å². The molecule has 0 radical (unpaired) electrons. The lowest BCUT2D eigenvalue weighted by molar-refractivity contribution is -0.119. The minimum Gasteiger partial charge on any atom is -0.472 e. The van der Waals surface area contributed by atoms with E-state index in [1.807, 2.05) is 0 Å². The normalized spacial score (nSPS) is 31.6. The Bertz CT molecular complexity index is 306. The second-order valence-electron chi connectivity index (χ2n) is 3.79. The summed E-state index contributed by atoms with van der Waals surface area (Å²) in [5.41, 5.74) is 8.01. The molecular weight excluding hydrogens is 201 g/mol. The summed E-state index contributed by atoms with van der Waals surface area (Å²) in [5, 5.41) is 1.69. The van der Waals surface area contributed by atoms with Crippen molar-refractivity contribution in [2.24, 2.45) is 5.73 Å². The molecule has 0 bridgehead atoms. The molecule has 1 saturated heterocycles. The Hall–Kier alpha value is -1.30. The number of carbonyl (C=O) groups excluding carboxylic acids is 1. The average Bonchev–Trinajstić information content (AvgIpc) is 2.59. The van der Waals surface area contributed by atoms with E-state index in [4.69, 9.17) is 10.5 Å². The molecule has 2 heterocycles. The Labute approximate surface area is 87.0 Å². The number of halogens is 1. The number of hydrogen-bond acceptors (Lipinski definition) is 4. The van der Waals surface area contributed by atoms with E-state index in [0.29, 0.717) is 18.8 Å². The van der Waals surface area contributed by atoms with E-state index in [1.54, 1.807) is 11.1 Å². The van der Waals surface area contributed by atoms with Crippen LogP contribution in [-0.4, -0.2) is 35.8 Å². The van der Waals surface area contributed by atoms with Gasteiger partial charge in [0.15, 0.2) is 0 Å². The van der Waals surface area contributed by atoms with Crippen molar-refractivity contribution in [2.45, 2.75) is 31.7 Å². The molecule has 2 aliphatic heterocycles. The fourth-order valence-corrected chi connectivity index (χ4v) is 1.72. The molecule has 1 fully saturated rings. The van der Waals surface area contributed by atoms with Crippen molar-refractivity contribution in [1.29, 1.82) is 0 Å². The highest BCUT2D eigenvalue weighted by Gasteiger charge is 2.34. The molecule has 1 amide bonds. The lowest BCUT2D eigenvalue weighted by Gasteiger charge is -2.33. The largest absolute Gasteiger partial charge is 0.472 e. The van der Waals surface area contributed by atoms with Crippen molar-refractivity contribution in [3.8, 4) is 0 Å². The van der Waals surface area contributed by atoms with Crippen LogP contribution in [0.5, 0.6) is 0 Å². The third-order valence-corrected chi connectivity index (χ3v) is 2.60. The molecule has 2 rings (SSSR count). The number of hydrogen-bond donors (Lipinski definition) is 2. The topological polar surface area (TPSA) is 67.6 Å². The second-order valence-corrected chi connectivity index (χ2v) is 3.79. The number of nitrogens with one attached hydrogen (secondary N) is 1. The second kappa shape index (κ2) is 3.69. The number of nitrogens with two attached hydrogens (primary N) is 1. The number of nitrogens with zero attached hydrogens (tertiary/aromatic N) is 1. The monoisotopic (exact) mass is 215 g/mol. The molecule has 84 valence electrons. The van der Waals surface area contributed by atoms with Crippen LogP contribution in [0.1, 0.15) is 13.3 Å². The van der Waals surface area contributed by atoms with Gasteiger partial charge in [-0.3, -0.25) is 9.80 Å². The summed E-state index contributed by atoms with van der Waals surface area (Å²) in [7, 11) is 0. The zero-order valence-corrected chi connectivity index (χ0v) is 8.44. The first kappa shape index (κ1) is 10.2. The molecule has 0 aromatic rings. The highest BCUT2D eigenvalue weighted by atomic mass is 19.1. The Balaban J connectivity index is 2.05. The highest BCUT2D eigenvalue weighted by molar-refractivity contribution is 5.82. The Kier molecular flexibility index (Phi) is 2.52. The van der Waals surface area contributed by atoms with E-state index in [2.05, 4.69) is 5.43 Å². The fourth-order valence-electron chi connectivity index (χ4n) is 1.72. The van der Waals surface area contributed by atoms with Gasteiger partial charge in [0.05, 0.1) is 0 Å². The number of rotatable bonds is 2. The van der Waals surface area contributed by atoms with Gasteiger partial charge in [0.1, 0.15) is 18.3 Å². The number of alkyl halides is 1. The van der Waals surface area contributed by atoms with Gasteiger partial charge >= 0.3 is 0 Å². The van der Waals surface area contributed by atoms with Crippen LogP contribution in [0.2, 0.25) is 0 Å². The summed E-state index contributed by atoms with van der Waals surface area (Å²) >= 11 is 0. The summed E-state index contributed by atoms with van der Waals surface area (Å²) in [6, 6.07) is -0.548. The van der Waals surface area contributed by atoms with Gasteiger partial charge in [-0.2, -0.15) is 0 Å². The molecule has 2 unspecified atom stereocenters. The van der Waals surface area contributed by atoms with Crippen molar-refractivity contribution in [1.82, 2.24) is 10.4 Å². The van der Waals surface area contributed by atoms with Gasteiger partial charge in [0.25, 0.3) is 0 Å². The molecule has 0 aromatic carbocycles. The molecule has 3 N–H and O–H groups in total. The number of carbonyl (C=O) groups is 1. The molecular formula is C9H14FN3O2. The van der Waals surface area contributed by atoms with Gasteiger partial charge in [0.2, 0.25) is 11.8 Å². The van der Waals surface area contributed by atoms with E-state index < -0.39 is 24.2 Å². The molecule has 2 aliphatic rings. The summed E-state index contributed by atoms with van der Waals surface area (Å²) in [6.45, 7) is 2.09. The van der Waals surface area contributed by atoms with Gasteiger partial charge in [-0.1, -0.05) is 0 Å². The fraction of sp³-hybridized carbons (Fsp3) is 0.667. The zero-order valence-electron chi connectivity index (χ0n) is 8.44. The molecule has 15 heavy (non-hydrogen) atoms. The van der Waals surface area contributed by atoms with E-state index in [9.17, 15) is 9.18 Å². The quantitative estimate of drug-likeness (QED) is 0.660. The van der Waals surface area contributed by atoms with Gasteiger partial charge in [-0.05, 0) is 6.92 Å². The smallest absolute Gasteiger partial charge is 0.240 e. The standard InChI is InChI=1S/C9H14FN3O2/c1-5(10)7-2-3-13-8(15-7)4-6(12-13)9(11)14/h4-7,12H,2-3H2,1H3,(H2,11,14)/t5-,6?,7?/m1/s1. The van der Waals surface area contributed by atoms with E-state index >= 15 is 0 Å². The number of fused-ring (bicyclic) bond motifs is 1. The van der Waals surface area contributed by atoms with Crippen molar-refractivity contribution in [3.63, 3.8) is 0 Å². The predicted octanol–water partition coefficient (Wildman–Crippen LogP) is -0.351. The number of amides is 1. The molecule has 3 atom stereocenters. The highest BCUT2D eigenvalue weighted by Crippen LogP contribution is 2.24. The Morgan fingerprint density at radius 1 is 1.87 bits per heavy atom. The van der Waals surface area contributed by atoms with Gasteiger partial charge in [-0.15, -0.1) is 0 Å². The lowest BCUT2D eigenvalue weighted by Crippen LogP contribution is -2.47. The maximum Gasteiger partial charge on any atom is 0.240 e. The van der Waals surface area contributed by atoms with Gasteiger partial charge < -0.3 is 10.5 Å². The minimum absolute atomic E-state index is 0.430.